The first-order valence-electron chi connectivity index (χ1n) is 19.9. The topological polar surface area (TPSA) is 4.93 Å². The summed E-state index contributed by atoms with van der Waals surface area (Å²) in [5.74, 6) is 0. The Morgan fingerprint density at radius 2 is 0.772 bits per heavy atom. The molecule has 262 valence electrons. The van der Waals surface area contributed by atoms with Crippen LogP contribution in [0.15, 0.2) is 158 Å². The van der Waals surface area contributed by atoms with Gasteiger partial charge in [0.2, 0.25) is 0 Å². The lowest BCUT2D eigenvalue weighted by Gasteiger charge is -2.24. The van der Waals surface area contributed by atoms with Crippen molar-refractivity contribution in [3.63, 3.8) is 0 Å². The maximum Gasteiger partial charge on any atom is 0.139 e. The first-order chi connectivity index (χ1) is 27.9. The molecule has 57 heavy (non-hydrogen) atoms. The summed E-state index contributed by atoms with van der Waals surface area (Å²) < 4.78 is 5.13. The highest BCUT2D eigenvalue weighted by atomic mass is 32.1. The lowest BCUT2D eigenvalue weighted by atomic mass is 9.59. The van der Waals surface area contributed by atoms with Crippen molar-refractivity contribution in [3.8, 4) is 39.1 Å². The second-order valence-electron chi connectivity index (χ2n) is 15.7. The minimum Gasteiger partial charge on any atom is -0.308 e. The van der Waals surface area contributed by atoms with E-state index in [9.17, 15) is 0 Å². The monoisotopic (exact) mass is 737 g/mol. The molecular weight excluding hydrogens is 701 g/mol. The van der Waals surface area contributed by atoms with E-state index >= 15 is 0 Å². The number of aromatic nitrogens is 1. The zero-order chi connectivity index (χ0) is 38.5. The highest BCUT2D eigenvalue weighted by Crippen LogP contribution is 2.47. The molecule has 0 spiro atoms. The van der Waals surface area contributed by atoms with Gasteiger partial charge in [-0.1, -0.05) is 144 Å². The zero-order valence-corrected chi connectivity index (χ0v) is 33.7. The van der Waals surface area contributed by atoms with E-state index in [1.54, 1.807) is 0 Å². The quantitative estimate of drug-likeness (QED) is 0.160. The van der Waals surface area contributed by atoms with E-state index < -0.39 is 0 Å². The predicted molar refractivity (Wildman–Crippen MR) is 266 cm³/mol. The fourth-order valence-corrected chi connectivity index (χ4v) is 10.9. The average molecular weight is 737 g/mol. The van der Waals surface area contributed by atoms with Crippen LogP contribution in [0.5, 0.6) is 0 Å². The molecule has 0 radical (unpaired) electrons. The van der Waals surface area contributed by atoms with Crippen LogP contribution in [0.2, 0.25) is 0 Å². The number of para-hydroxylation sites is 2. The highest BCUT2D eigenvalue weighted by Gasteiger charge is 2.23. The van der Waals surface area contributed by atoms with Gasteiger partial charge in [0.05, 0.1) is 16.7 Å². The molecule has 0 N–H and O–H groups in total. The fraction of sp³-hybridized carbons (Fsp3) is 0. The number of thiophene rings is 1. The number of nitrogens with zero attached hydrogens (tertiary/aromatic N) is 1. The molecule has 0 unspecified atom stereocenters. The Kier molecular flexibility index (Phi) is 7.75. The molecule has 0 aliphatic carbocycles. The zero-order valence-electron chi connectivity index (χ0n) is 32.9. The normalized spacial score (nSPS) is 11.9. The number of hydrogen-bond donors (Lipinski definition) is 0. The van der Waals surface area contributed by atoms with E-state index in [4.69, 9.17) is 0 Å². The molecule has 7 heteroatoms. The Labute approximate surface area is 341 Å². The molecule has 2 heterocycles. The van der Waals surface area contributed by atoms with Crippen LogP contribution < -0.4 is 27.3 Å². The SMILES string of the molecule is Bc1c(B)c(B)c(-c2c3ccccc3c(-c3ccc(-c4ccc5sc6ccccc6c5c4-n4c5ccccc5c5ccccc54)cc3)c3ccccc23)c(B)c1B. The van der Waals surface area contributed by atoms with Crippen molar-refractivity contribution < 1.29 is 0 Å². The molecule has 11 rings (SSSR count). The molecule has 2 aromatic heterocycles. The lowest BCUT2D eigenvalue weighted by molar-refractivity contribution is 1.20. The standard InChI is InChI=1S/C50H36B5NS/c51-45-44(46(52)48(54)49(55)47(45)53)42-34-15-3-1-13-32(34)41(33-14-2-4-16-35(33)42)28-23-21-27(22-24-28)29-25-26-40-43(36-17-7-10-20-39(36)57-40)50(29)56-37-18-8-5-11-30(37)31-12-6-9-19-38(31)56/h1-26H,51-55H2. The average Bonchev–Trinajstić information content (AvgIpc) is 3.81. The van der Waals surface area contributed by atoms with Crippen LogP contribution in [-0.2, 0) is 0 Å². The molecule has 0 atom stereocenters. The Balaban J connectivity index is 1.17. The van der Waals surface area contributed by atoms with Gasteiger partial charge in [0.1, 0.15) is 39.2 Å². The summed E-state index contributed by atoms with van der Waals surface area (Å²) in [7, 11) is 11.5. The summed E-state index contributed by atoms with van der Waals surface area (Å²) in [5, 5.41) is 10.3. The molecule has 9 aromatic carbocycles. The van der Waals surface area contributed by atoms with Gasteiger partial charge in [-0.05, 0) is 73.6 Å². The van der Waals surface area contributed by atoms with Gasteiger partial charge in [0, 0.05) is 36.5 Å². The van der Waals surface area contributed by atoms with Gasteiger partial charge in [-0.15, -0.1) is 27.7 Å². The van der Waals surface area contributed by atoms with Gasteiger partial charge in [0.15, 0.2) is 0 Å². The van der Waals surface area contributed by atoms with Gasteiger partial charge in [-0.2, -0.15) is 0 Å². The Morgan fingerprint density at radius 3 is 1.33 bits per heavy atom. The largest absolute Gasteiger partial charge is 0.308 e. The van der Waals surface area contributed by atoms with Gasteiger partial charge < -0.3 is 4.57 Å². The third kappa shape index (κ3) is 4.95. The maximum absolute atomic E-state index is 2.52. The minimum absolute atomic E-state index is 1.20. The number of fused-ring (bicyclic) bond motifs is 8. The van der Waals surface area contributed by atoms with Crippen LogP contribution in [0.3, 0.4) is 0 Å². The Bertz CT molecular complexity index is 3330. The Hall–Kier alpha value is -6.16. The van der Waals surface area contributed by atoms with Crippen LogP contribution in [0.1, 0.15) is 0 Å². The maximum atomic E-state index is 2.52. The van der Waals surface area contributed by atoms with Crippen molar-refractivity contribution in [1.29, 1.82) is 0 Å². The second-order valence-corrected chi connectivity index (χ2v) is 16.8. The first-order valence-corrected chi connectivity index (χ1v) is 20.8. The molecule has 0 fully saturated rings. The highest BCUT2D eigenvalue weighted by molar-refractivity contribution is 7.26. The van der Waals surface area contributed by atoms with Gasteiger partial charge in [-0.25, -0.2) is 0 Å². The van der Waals surface area contributed by atoms with Crippen molar-refractivity contribution in [2.24, 2.45) is 0 Å². The van der Waals surface area contributed by atoms with E-state index in [2.05, 4.69) is 202 Å². The summed E-state index contributed by atoms with van der Waals surface area (Å²) in [6, 6.07) is 58.8. The van der Waals surface area contributed by atoms with Crippen molar-refractivity contribution in [2.75, 3.05) is 0 Å². The van der Waals surface area contributed by atoms with Crippen molar-refractivity contribution in [3.05, 3.63) is 158 Å². The lowest BCUT2D eigenvalue weighted by Crippen LogP contribution is -2.55. The molecule has 0 amide bonds. The van der Waals surface area contributed by atoms with Crippen LogP contribution in [0.4, 0.5) is 0 Å². The first kappa shape index (κ1) is 34.1. The van der Waals surface area contributed by atoms with Crippen LogP contribution in [-0.4, -0.2) is 43.8 Å². The summed E-state index contributed by atoms with van der Waals surface area (Å²) in [6.07, 6.45) is 0. The van der Waals surface area contributed by atoms with E-state index in [1.807, 2.05) is 11.3 Å². The Morgan fingerprint density at radius 1 is 0.333 bits per heavy atom. The van der Waals surface area contributed by atoms with Crippen LogP contribution in [0, 0.1) is 0 Å². The number of hydrogen-bond acceptors (Lipinski definition) is 1. The third-order valence-electron chi connectivity index (χ3n) is 13.0. The molecule has 0 saturated carbocycles. The van der Waals surface area contributed by atoms with E-state index in [0.29, 0.717) is 0 Å². The molecule has 0 saturated heterocycles. The third-order valence-corrected chi connectivity index (χ3v) is 14.1. The summed E-state index contributed by atoms with van der Waals surface area (Å²) >= 11 is 1.88. The van der Waals surface area contributed by atoms with Crippen molar-refractivity contribution >= 4 is 141 Å². The predicted octanol–water partition coefficient (Wildman–Crippen LogP) is 5.75. The number of benzene rings is 9. The molecule has 1 nitrogen and oxygen atoms in total. The summed E-state index contributed by atoms with van der Waals surface area (Å²) in [5.41, 5.74) is 18.3. The molecule has 0 aliphatic heterocycles. The molecular formula is C50H36B5NS. The van der Waals surface area contributed by atoms with Gasteiger partial charge in [-0.3, -0.25) is 0 Å². The van der Waals surface area contributed by atoms with E-state index in [0.717, 1.165) is 0 Å². The van der Waals surface area contributed by atoms with Crippen molar-refractivity contribution in [2.45, 2.75) is 0 Å². The van der Waals surface area contributed by atoms with Gasteiger partial charge in [0.25, 0.3) is 0 Å². The van der Waals surface area contributed by atoms with Crippen molar-refractivity contribution in [1.82, 2.24) is 4.57 Å². The summed E-state index contributed by atoms with van der Waals surface area (Å²) in [6.45, 7) is 0. The van der Waals surface area contributed by atoms with Crippen LogP contribution >= 0.6 is 11.3 Å². The van der Waals surface area contributed by atoms with Crippen LogP contribution in [0.25, 0.3) is 103 Å². The smallest absolute Gasteiger partial charge is 0.139 e. The second kappa shape index (κ2) is 12.9. The summed E-state index contributed by atoms with van der Waals surface area (Å²) in [4.78, 5) is 0. The fourth-order valence-electron chi connectivity index (χ4n) is 9.83. The van der Waals surface area contributed by atoms with Gasteiger partial charge >= 0.3 is 0 Å². The molecule has 0 aliphatic rings. The van der Waals surface area contributed by atoms with E-state index in [-0.39, 0.29) is 0 Å². The number of rotatable bonds is 4. The molecule has 0 bridgehead atoms. The minimum atomic E-state index is 1.20. The van der Waals surface area contributed by atoms with E-state index in [1.165, 1.54) is 130 Å². The molecule has 11 aromatic rings.